The molecule has 0 aromatic heterocycles. The highest BCUT2D eigenvalue weighted by molar-refractivity contribution is 5.50. The quantitative estimate of drug-likeness (QED) is 0.887. The predicted octanol–water partition coefficient (Wildman–Crippen LogP) is 4.22. The highest BCUT2D eigenvalue weighted by atomic mass is 19.2. The average molecular weight is 264 g/mol. The van der Waals surface area contributed by atoms with Crippen LogP contribution in [-0.2, 0) is 0 Å². The minimum absolute atomic E-state index is 0.163. The third kappa shape index (κ3) is 3.04. The van der Waals surface area contributed by atoms with Crippen LogP contribution in [0.4, 0.5) is 14.5 Å². The summed E-state index contributed by atoms with van der Waals surface area (Å²) in [5.41, 5.74) is -0.0887. The first-order valence-electron chi connectivity index (χ1n) is 6.80. The number of nitrogens with zero attached hydrogens (tertiary/aromatic N) is 1. The number of hydrogen-bond acceptors (Lipinski definition) is 2. The summed E-state index contributed by atoms with van der Waals surface area (Å²) in [6.07, 6.45) is 5.43. The topological polar surface area (TPSA) is 35.8 Å². The lowest BCUT2D eigenvalue weighted by atomic mass is 9.84. The molecular weight excluding hydrogens is 246 g/mol. The van der Waals surface area contributed by atoms with E-state index in [2.05, 4.69) is 12.2 Å². The van der Waals surface area contributed by atoms with Gasteiger partial charge in [0.1, 0.15) is 6.07 Å². The summed E-state index contributed by atoms with van der Waals surface area (Å²) >= 11 is 0. The largest absolute Gasteiger partial charge is 0.380 e. The van der Waals surface area contributed by atoms with Crippen LogP contribution in [0.1, 0.15) is 44.6 Å². The molecule has 2 rings (SSSR count). The summed E-state index contributed by atoms with van der Waals surface area (Å²) in [5, 5.41) is 11.7. The maximum absolute atomic E-state index is 13.8. The fraction of sp³-hybridized carbons (Fsp3) is 0.533. The van der Waals surface area contributed by atoms with Crippen molar-refractivity contribution < 1.29 is 8.78 Å². The first kappa shape index (κ1) is 13.8. The van der Waals surface area contributed by atoms with Gasteiger partial charge in [-0.05, 0) is 43.7 Å². The van der Waals surface area contributed by atoms with E-state index in [1.54, 1.807) is 6.07 Å². The minimum atomic E-state index is -1.06. The second kappa shape index (κ2) is 6.01. The maximum Gasteiger partial charge on any atom is 0.183 e. The molecule has 1 aromatic rings. The van der Waals surface area contributed by atoms with Gasteiger partial charge in [-0.1, -0.05) is 13.3 Å². The van der Waals surface area contributed by atoms with Crippen molar-refractivity contribution >= 4 is 5.69 Å². The van der Waals surface area contributed by atoms with Crippen molar-refractivity contribution in [3.63, 3.8) is 0 Å². The third-order valence-electron chi connectivity index (χ3n) is 3.99. The van der Waals surface area contributed by atoms with Gasteiger partial charge < -0.3 is 5.32 Å². The molecule has 0 aliphatic heterocycles. The monoisotopic (exact) mass is 264 g/mol. The van der Waals surface area contributed by atoms with Gasteiger partial charge in [0.25, 0.3) is 0 Å². The SMILES string of the molecule is CCC1CCC(Nc2ccc(C#N)c(F)c2F)CC1. The third-order valence-corrected chi connectivity index (χ3v) is 3.99. The molecule has 1 fully saturated rings. The first-order valence-corrected chi connectivity index (χ1v) is 6.80. The number of anilines is 1. The lowest BCUT2D eigenvalue weighted by molar-refractivity contribution is 0.329. The van der Waals surface area contributed by atoms with E-state index in [9.17, 15) is 8.78 Å². The van der Waals surface area contributed by atoms with E-state index in [-0.39, 0.29) is 17.3 Å². The van der Waals surface area contributed by atoms with Gasteiger partial charge in [0.15, 0.2) is 11.6 Å². The fourth-order valence-corrected chi connectivity index (χ4v) is 2.68. The van der Waals surface area contributed by atoms with Crippen LogP contribution in [0, 0.1) is 28.9 Å². The molecule has 0 unspecified atom stereocenters. The number of nitriles is 1. The van der Waals surface area contributed by atoms with Crippen LogP contribution in [0.3, 0.4) is 0 Å². The van der Waals surface area contributed by atoms with Crippen molar-refractivity contribution in [1.29, 1.82) is 5.26 Å². The number of hydrogen-bond donors (Lipinski definition) is 1. The molecule has 1 aromatic carbocycles. The van der Waals surface area contributed by atoms with Crippen LogP contribution >= 0.6 is 0 Å². The number of rotatable bonds is 3. The van der Waals surface area contributed by atoms with Gasteiger partial charge in [-0.3, -0.25) is 0 Å². The Morgan fingerprint density at radius 1 is 1.21 bits per heavy atom. The molecule has 0 amide bonds. The first-order chi connectivity index (χ1) is 9.15. The normalized spacial score (nSPS) is 22.8. The molecular formula is C15H18F2N2. The maximum atomic E-state index is 13.8. The fourth-order valence-electron chi connectivity index (χ4n) is 2.68. The molecule has 19 heavy (non-hydrogen) atoms. The van der Waals surface area contributed by atoms with Gasteiger partial charge >= 0.3 is 0 Å². The molecule has 0 heterocycles. The van der Waals surface area contributed by atoms with E-state index < -0.39 is 11.6 Å². The highest BCUT2D eigenvalue weighted by Gasteiger charge is 2.21. The Morgan fingerprint density at radius 3 is 2.47 bits per heavy atom. The van der Waals surface area contributed by atoms with E-state index in [0.717, 1.165) is 31.6 Å². The summed E-state index contributed by atoms with van der Waals surface area (Å²) in [7, 11) is 0. The van der Waals surface area contributed by atoms with Crippen molar-refractivity contribution in [2.45, 2.75) is 45.1 Å². The molecule has 1 aliphatic rings. The van der Waals surface area contributed by atoms with Crippen LogP contribution in [-0.4, -0.2) is 6.04 Å². The zero-order valence-electron chi connectivity index (χ0n) is 11.0. The molecule has 1 aliphatic carbocycles. The van der Waals surface area contributed by atoms with Crippen LogP contribution in [0.15, 0.2) is 12.1 Å². The Labute approximate surface area is 112 Å². The summed E-state index contributed by atoms with van der Waals surface area (Å²) in [6, 6.07) is 4.60. The summed E-state index contributed by atoms with van der Waals surface area (Å²) in [4.78, 5) is 0. The van der Waals surface area contributed by atoms with E-state index >= 15 is 0 Å². The Balaban J connectivity index is 2.05. The summed E-state index contributed by atoms with van der Waals surface area (Å²) < 4.78 is 27.3. The molecule has 2 nitrogen and oxygen atoms in total. The van der Waals surface area contributed by atoms with Crippen molar-refractivity contribution in [1.82, 2.24) is 0 Å². The minimum Gasteiger partial charge on any atom is -0.380 e. The van der Waals surface area contributed by atoms with Gasteiger partial charge in [-0.2, -0.15) is 5.26 Å². The predicted molar refractivity (Wildman–Crippen MR) is 70.7 cm³/mol. The van der Waals surface area contributed by atoms with Crippen LogP contribution in [0.2, 0.25) is 0 Å². The number of benzene rings is 1. The Morgan fingerprint density at radius 2 is 1.89 bits per heavy atom. The molecule has 4 heteroatoms. The Kier molecular flexibility index (Phi) is 4.36. The molecule has 0 saturated heterocycles. The van der Waals surface area contributed by atoms with E-state index in [1.807, 2.05) is 0 Å². The van der Waals surface area contributed by atoms with Gasteiger partial charge in [0.05, 0.1) is 11.3 Å². The molecule has 1 N–H and O–H groups in total. The van der Waals surface area contributed by atoms with E-state index in [4.69, 9.17) is 5.26 Å². The van der Waals surface area contributed by atoms with Crippen LogP contribution in [0.5, 0.6) is 0 Å². The Hall–Kier alpha value is -1.63. The van der Waals surface area contributed by atoms with Crippen LogP contribution < -0.4 is 5.32 Å². The van der Waals surface area contributed by atoms with Gasteiger partial charge in [0.2, 0.25) is 0 Å². The number of halogens is 2. The lowest BCUT2D eigenvalue weighted by Gasteiger charge is -2.29. The smallest absolute Gasteiger partial charge is 0.183 e. The molecule has 0 atom stereocenters. The second-order valence-corrected chi connectivity index (χ2v) is 5.17. The second-order valence-electron chi connectivity index (χ2n) is 5.17. The zero-order valence-corrected chi connectivity index (χ0v) is 11.0. The van der Waals surface area contributed by atoms with Crippen molar-refractivity contribution in [3.8, 4) is 6.07 Å². The van der Waals surface area contributed by atoms with Crippen molar-refractivity contribution in [2.75, 3.05) is 5.32 Å². The standard InChI is InChI=1S/C15H18F2N2/c1-2-10-3-6-12(7-4-10)19-13-8-5-11(9-18)14(16)15(13)17/h5,8,10,12,19H,2-4,6-7H2,1H3. The molecule has 0 bridgehead atoms. The van der Waals surface area contributed by atoms with E-state index in [0.29, 0.717) is 0 Å². The molecule has 1 saturated carbocycles. The highest BCUT2D eigenvalue weighted by Crippen LogP contribution is 2.29. The van der Waals surface area contributed by atoms with Crippen molar-refractivity contribution in [2.24, 2.45) is 5.92 Å². The summed E-state index contributed by atoms with van der Waals surface area (Å²) in [5.74, 6) is -1.24. The zero-order chi connectivity index (χ0) is 13.8. The van der Waals surface area contributed by atoms with E-state index in [1.165, 1.54) is 18.6 Å². The lowest BCUT2D eigenvalue weighted by Crippen LogP contribution is -2.26. The Bertz CT molecular complexity index is 486. The molecule has 102 valence electrons. The van der Waals surface area contributed by atoms with Crippen molar-refractivity contribution in [3.05, 3.63) is 29.3 Å². The van der Waals surface area contributed by atoms with Gasteiger partial charge in [0, 0.05) is 6.04 Å². The average Bonchev–Trinajstić information content (AvgIpc) is 2.45. The molecule has 0 radical (unpaired) electrons. The number of nitrogens with one attached hydrogen (secondary N) is 1. The van der Waals surface area contributed by atoms with Gasteiger partial charge in [-0.15, -0.1) is 0 Å². The summed E-state index contributed by atoms with van der Waals surface area (Å²) in [6.45, 7) is 2.19. The van der Waals surface area contributed by atoms with Crippen LogP contribution in [0.25, 0.3) is 0 Å². The van der Waals surface area contributed by atoms with Gasteiger partial charge in [-0.25, -0.2) is 8.78 Å². The molecule has 0 spiro atoms.